The molecular formula is C17H19BrClN. The van der Waals surface area contributed by atoms with Crippen molar-refractivity contribution in [3.8, 4) is 0 Å². The van der Waals surface area contributed by atoms with Gasteiger partial charge in [-0.25, -0.2) is 0 Å². The van der Waals surface area contributed by atoms with E-state index in [0.717, 1.165) is 28.9 Å². The van der Waals surface area contributed by atoms with Crippen molar-refractivity contribution in [2.75, 3.05) is 6.54 Å². The van der Waals surface area contributed by atoms with Crippen molar-refractivity contribution in [3.63, 3.8) is 0 Å². The maximum Gasteiger partial charge on any atom is 0.0449 e. The van der Waals surface area contributed by atoms with Gasteiger partial charge in [-0.15, -0.1) is 0 Å². The van der Waals surface area contributed by atoms with E-state index >= 15 is 0 Å². The monoisotopic (exact) mass is 351 g/mol. The van der Waals surface area contributed by atoms with Gasteiger partial charge in [0.15, 0.2) is 0 Å². The number of halogens is 2. The third-order valence-corrected chi connectivity index (χ3v) is 4.22. The summed E-state index contributed by atoms with van der Waals surface area (Å²) in [6, 6.07) is 17.1. The van der Waals surface area contributed by atoms with Crippen LogP contribution in [0.4, 0.5) is 0 Å². The lowest BCUT2D eigenvalue weighted by atomic mass is 9.99. The maximum atomic E-state index is 6.29. The molecule has 0 amide bonds. The van der Waals surface area contributed by atoms with Crippen molar-refractivity contribution in [2.24, 2.45) is 0 Å². The molecule has 106 valence electrons. The number of aryl methyl sites for hydroxylation is 1. The molecular weight excluding hydrogens is 334 g/mol. The lowest BCUT2D eigenvalue weighted by Crippen LogP contribution is -2.21. The molecule has 0 radical (unpaired) electrons. The smallest absolute Gasteiger partial charge is 0.0449 e. The van der Waals surface area contributed by atoms with Gasteiger partial charge >= 0.3 is 0 Å². The van der Waals surface area contributed by atoms with E-state index in [1.54, 1.807) is 0 Å². The number of hydrogen-bond donors (Lipinski definition) is 1. The van der Waals surface area contributed by atoms with Crippen molar-refractivity contribution in [1.29, 1.82) is 0 Å². The van der Waals surface area contributed by atoms with E-state index in [4.69, 9.17) is 11.6 Å². The Morgan fingerprint density at radius 3 is 2.55 bits per heavy atom. The van der Waals surface area contributed by atoms with E-state index in [0.29, 0.717) is 6.04 Å². The first-order chi connectivity index (χ1) is 9.70. The topological polar surface area (TPSA) is 12.0 Å². The molecule has 0 fully saturated rings. The van der Waals surface area contributed by atoms with Gasteiger partial charge in [0.05, 0.1) is 0 Å². The number of rotatable bonds is 6. The summed E-state index contributed by atoms with van der Waals surface area (Å²) in [6.07, 6.45) is 2.01. The molecule has 2 aromatic rings. The first-order valence-electron chi connectivity index (χ1n) is 6.93. The van der Waals surface area contributed by atoms with Crippen molar-refractivity contribution in [1.82, 2.24) is 5.32 Å². The second kappa shape index (κ2) is 7.82. The van der Waals surface area contributed by atoms with Crippen LogP contribution in [-0.2, 0) is 6.42 Å². The Labute approximate surface area is 134 Å². The zero-order chi connectivity index (χ0) is 14.4. The van der Waals surface area contributed by atoms with Gasteiger partial charge in [0.1, 0.15) is 0 Å². The Bertz CT molecular complexity index is 542. The molecule has 0 aliphatic rings. The molecule has 20 heavy (non-hydrogen) atoms. The fourth-order valence-corrected chi connectivity index (χ4v) is 3.11. The van der Waals surface area contributed by atoms with Crippen LogP contribution in [0.1, 0.15) is 30.5 Å². The van der Waals surface area contributed by atoms with Gasteiger partial charge in [0.2, 0.25) is 0 Å². The first kappa shape index (κ1) is 15.6. The Morgan fingerprint density at radius 2 is 1.90 bits per heavy atom. The molecule has 0 heterocycles. The van der Waals surface area contributed by atoms with Crippen molar-refractivity contribution in [2.45, 2.75) is 25.8 Å². The summed E-state index contributed by atoms with van der Waals surface area (Å²) >= 11 is 9.73. The minimum atomic E-state index is 0.376. The van der Waals surface area contributed by atoms with E-state index < -0.39 is 0 Å². The normalized spacial score (nSPS) is 12.3. The molecule has 0 saturated carbocycles. The highest BCUT2D eigenvalue weighted by molar-refractivity contribution is 9.10. The molecule has 0 aromatic heterocycles. The second-order valence-electron chi connectivity index (χ2n) is 4.80. The summed E-state index contributed by atoms with van der Waals surface area (Å²) in [5.41, 5.74) is 2.54. The molecule has 3 heteroatoms. The Morgan fingerprint density at radius 1 is 1.15 bits per heavy atom. The zero-order valence-corrected chi connectivity index (χ0v) is 13.9. The first-order valence-corrected chi connectivity index (χ1v) is 8.10. The molecule has 2 aromatic carbocycles. The molecule has 0 aliphatic carbocycles. The van der Waals surface area contributed by atoms with Crippen LogP contribution in [0.5, 0.6) is 0 Å². The minimum Gasteiger partial charge on any atom is -0.310 e. The summed E-state index contributed by atoms with van der Waals surface area (Å²) in [7, 11) is 0. The van der Waals surface area contributed by atoms with Crippen LogP contribution < -0.4 is 5.32 Å². The van der Waals surface area contributed by atoms with Crippen molar-refractivity contribution < 1.29 is 0 Å². The van der Waals surface area contributed by atoms with Crippen LogP contribution in [0.2, 0.25) is 5.02 Å². The summed E-state index contributed by atoms with van der Waals surface area (Å²) in [4.78, 5) is 0. The summed E-state index contributed by atoms with van der Waals surface area (Å²) in [6.45, 7) is 3.11. The van der Waals surface area contributed by atoms with Crippen molar-refractivity contribution in [3.05, 3.63) is 69.2 Å². The van der Waals surface area contributed by atoms with Crippen LogP contribution >= 0.6 is 27.5 Å². The molecule has 1 atom stereocenters. The van der Waals surface area contributed by atoms with Crippen LogP contribution in [-0.4, -0.2) is 6.54 Å². The zero-order valence-electron chi connectivity index (χ0n) is 11.6. The third kappa shape index (κ3) is 4.34. The predicted molar refractivity (Wildman–Crippen MR) is 90.3 cm³/mol. The molecule has 1 N–H and O–H groups in total. The van der Waals surface area contributed by atoms with Gasteiger partial charge in [-0.1, -0.05) is 70.9 Å². The van der Waals surface area contributed by atoms with E-state index in [1.807, 2.05) is 12.1 Å². The van der Waals surface area contributed by atoms with E-state index in [9.17, 15) is 0 Å². The molecule has 0 saturated heterocycles. The quantitative estimate of drug-likeness (QED) is 0.735. The highest BCUT2D eigenvalue weighted by Gasteiger charge is 2.11. The standard InChI is InChI=1S/C17H19BrClN/c1-2-20-17(14-6-4-3-5-7-14)11-9-13-8-10-15(18)12-16(13)19/h3-8,10,12,17,20H,2,9,11H2,1H3. The lowest BCUT2D eigenvalue weighted by molar-refractivity contribution is 0.515. The maximum absolute atomic E-state index is 6.29. The highest BCUT2D eigenvalue weighted by atomic mass is 79.9. The highest BCUT2D eigenvalue weighted by Crippen LogP contribution is 2.25. The fraction of sp³-hybridized carbons (Fsp3) is 0.294. The second-order valence-corrected chi connectivity index (χ2v) is 6.12. The lowest BCUT2D eigenvalue weighted by Gasteiger charge is -2.18. The van der Waals surface area contributed by atoms with Gasteiger partial charge in [-0.3, -0.25) is 0 Å². The van der Waals surface area contributed by atoms with Crippen LogP contribution in [0.3, 0.4) is 0 Å². The summed E-state index contributed by atoms with van der Waals surface area (Å²) < 4.78 is 1.03. The summed E-state index contributed by atoms with van der Waals surface area (Å²) in [5.74, 6) is 0. The van der Waals surface area contributed by atoms with Gasteiger partial charge < -0.3 is 5.32 Å². The minimum absolute atomic E-state index is 0.376. The Kier molecular flexibility index (Phi) is 6.08. The Balaban J connectivity index is 2.06. The van der Waals surface area contributed by atoms with Gasteiger partial charge in [-0.05, 0) is 42.6 Å². The number of benzene rings is 2. The van der Waals surface area contributed by atoms with Crippen LogP contribution in [0.25, 0.3) is 0 Å². The molecule has 0 bridgehead atoms. The van der Waals surface area contributed by atoms with Gasteiger partial charge in [-0.2, -0.15) is 0 Å². The molecule has 1 unspecified atom stereocenters. The van der Waals surface area contributed by atoms with Gasteiger partial charge in [0.25, 0.3) is 0 Å². The van der Waals surface area contributed by atoms with Crippen molar-refractivity contribution >= 4 is 27.5 Å². The number of hydrogen-bond acceptors (Lipinski definition) is 1. The fourth-order valence-electron chi connectivity index (χ4n) is 2.34. The van der Waals surface area contributed by atoms with Crippen LogP contribution in [0.15, 0.2) is 53.0 Å². The van der Waals surface area contributed by atoms with Crippen LogP contribution in [0, 0.1) is 0 Å². The average molecular weight is 353 g/mol. The molecule has 2 rings (SSSR count). The SMILES string of the molecule is CCNC(CCc1ccc(Br)cc1Cl)c1ccccc1. The molecule has 0 spiro atoms. The van der Waals surface area contributed by atoms with E-state index in [-0.39, 0.29) is 0 Å². The number of nitrogens with one attached hydrogen (secondary N) is 1. The molecule has 0 aliphatic heterocycles. The largest absolute Gasteiger partial charge is 0.310 e. The summed E-state index contributed by atoms with van der Waals surface area (Å²) in [5, 5.41) is 4.38. The van der Waals surface area contributed by atoms with E-state index in [1.165, 1.54) is 11.1 Å². The van der Waals surface area contributed by atoms with E-state index in [2.05, 4.69) is 64.6 Å². The van der Waals surface area contributed by atoms with Gasteiger partial charge in [0, 0.05) is 15.5 Å². The average Bonchev–Trinajstić information content (AvgIpc) is 2.46. The predicted octanol–water partition coefficient (Wildman–Crippen LogP) is 5.39. The Hall–Kier alpha value is -0.830. The third-order valence-electron chi connectivity index (χ3n) is 3.37. The molecule has 1 nitrogen and oxygen atoms in total.